The summed E-state index contributed by atoms with van der Waals surface area (Å²) in [6.07, 6.45) is 2.36. The maximum atomic E-state index is 14.0. The van der Waals surface area contributed by atoms with Crippen LogP contribution < -0.4 is 9.47 Å². The van der Waals surface area contributed by atoms with E-state index in [1.165, 1.54) is 0 Å². The summed E-state index contributed by atoms with van der Waals surface area (Å²) in [7, 11) is -2.49. The van der Waals surface area contributed by atoms with Crippen LogP contribution >= 0.6 is 7.80 Å². The zero-order valence-corrected chi connectivity index (χ0v) is 19.6. The second kappa shape index (κ2) is 9.74. The molecular weight excluding hydrogens is 411 g/mol. The van der Waals surface area contributed by atoms with Crippen molar-refractivity contribution in [1.29, 1.82) is 0 Å². The molecule has 6 heteroatoms. The van der Waals surface area contributed by atoms with E-state index < -0.39 is 18.5 Å². The minimum Gasteiger partial charge on any atom is -0.493 e. The maximum absolute atomic E-state index is 14.0. The van der Waals surface area contributed by atoms with E-state index >= 15 is 0 Å². The lowest BCUT2D eigenvalue weighted by Gasteiger charge is -2.27. The lowest BCUT2D eigenvalue weighted by Crippen LogP contribution is -2.34. The first-order valence-corrected chi connectivity index (χ1v) is 12.1. The van der Waals surface area contributed by atoms with E-state index in [4.69, 9.17) is 9.47 Å². The van der Waals surface area contributed by atoms with Gasteiger partial charge in [-0.25, -0.2) is 0 Å². The van der Waals surface area contributed by atoms with E-state index in [-0.39, 0.29) is 5.78 Å². The summed E-state index contributed by atoms with van der Waals surface area (Å²) in [5.74, 6) is 0.512. The highest BCUT2D eigenvalue weighted by Crippen LogP contribution is 2.55. The van der Waals surface area contributed by atoms with Crippen LogP contribution in [-0.2, 0) is 4.57 Å². The van der Waals surface area contributed by atoms with E-state index in [0.29, 0.717) is 48.7 Å². The molecule has 2 aromatic carbocycles. The van der Waals surface area contributed by atoms with Crippen molar-refractivity contribution < 1.29 is 23.6 Å². The normalized spacial score (nSPS) is 15.4. The van der Waals surface area contributed by atoms with Gasteiger partial charge in [-0.3, -0.25) is 14.2 Å². The molecule has 0 aliphatic heterocycles. The molecule has 0 aromatic heterocycles. The first-order valence-electron chi connectivity index (χ1n) is 10.9. The van der Waals surface area contributed by atoms with Crippen LogP contribution in [0.5, 0.6) is 11.5 Å². The Balaban J connectivity index is 2.11. The summed E-state index contributed by atoms with van der Waals surface area (Å²) in [5.41, 5.74) is 1.88. The number of Topliss-reactive ketones (excluding diaryl/α,β-unsaturated/α-hetero) is 1. The molecule has 1 atom stereocenters. The zero-order valence-electron chi connectivity index (χ0n) is 18.7. The zero-order chi connectivity index (χ0) is 22.6. The van der Waals surface area contributed by atoms with Crippen LogP contribution in [0.4, 0.5) is 0 Å². The minimum absolute atomic E-state index is 0.297. The van der Waals surface area contributed by atoms with Crippen molar-refractivity contribution in [2.45, 2.75) is 58.5 Å². The van der Waals surface area contributed by atoms with E-state index in [0.717, 1.165) is 24.0 Å². The molecule has 0 saturated heterocycles. The SMILES string of the molecule is CCOc1cccc(OCC)c1C(=O)C1([P](=O)C(=O)c2c(C)cccc2C)CCCC1. The van der Waals surface area contributed by atoms with Crippen molar-refractivity contribution in [2.75, 3.05) is 13.2 Å². The number of hydrogen-bond acceptors (Lipinski definition) is 5. The molecule has 0 spiro atoms. The van der Waals surface area contributed by atoms with Gasteiger partial charge in [0.2, 0.25) is 5.52 Å². The largest absolute Gasteiger partial charge is 0.493 e. The van der Waals surface area contributed by atoms with E-state index in [9.17, 15) is 14.2 Å². The molecule has 2 aromatic rings. The lowest BCUT2D eigenvalue weighted by atomic mass is 9.93. The van der Waals surface area contributed by atoms with Crippen molar-refractivity contribution in [3.63, 3.8) is 0 Å². The van der Waals surface area contributed by atoms with Gasteiger partial charge in [-0.05, 0) is 63.8 Å². The Morgan fingerprint density at radius 1 is 0.871 bits per heavy atom. The highest BCUT2D eigenvalue weighted by molar-refractivity contribution is 7.67. The molecule has 165 valence electrons. The van der Waals surface area contributed by atoms with Gasteiger partial charge in [0.1, 0.15) is 22.2 Å². The predicted molar refractivity (Wildman–Crippen MR) is 122 cm³/mol. The average molecular weight is 441 g/mol. The Hall–Kier alpha value is -2.52. The fourth-order valence-corrected chi connectivity index (χ4v) is 6.41. The first kappa shape index (κ1) is 23.1. The van der Waals surface area contributed by atoms with Gasteiger partial charge in [0, 0.05) is 5.56 Å². The van der Waals surface area contributed by atoms with Gasteiger partial charge in [-0.2, -0.15) is 0 Å². The average Bonchev–Trinajstić information content (AvgIpc) is 3.24. The standard InChI is InChI=1S/C25H30O5P/c1-5-29-19-13-10-14-20(30-6-2)22(19)23(26)25(15-7-8-16-25)31(28)24(27)21-17(3)11-9-12-18(21)4/h9-14H,5-8,15-16H2,1-4H3. The third kappa shape index (κ3) is 4.29. The molecule has 0 amide bonds. The molecule has 1 fully saturated rings. The van der Waals surface area contributed by atoms with Crippen LogP contribution in [0.2, 0.25) is 0 Å². The number of ketones is 1. The summed E-state index contributed by atoms with van der Waals surface area (Å²) in [6, 6.07) is 10.8. The van der Waals surface area contributed by atoms with Crippen LogP contribution in [0, 0.1) is 13.8 Å². The summed E-state index contributed by atoms with van der Waals surface area (Å²) >= 11 is 0. The number of rotatable bonds is 9. The molecule has 0 heterocycles. The number of benzene rings is 2. The van der Waals surface area contributed by atoms with Crippen LogP contribution in [0.3, 0.4) is 0 Å². The highest BCUT2D eigenvalue weighted by atomic mass is 31.1. The van der Waals surface area contributed by atoms with Crippen LogP contribution in [0.25, 0.3) is 0 Å². The molecule has 1 radical (unpaired) electrons. The third-order valence-electron chi connectivity index (χ3n) is 5.94. The van der Waals surface area contributed by atoms with Crippen molar-refractivity contribution in [3.8, 4) is 11.5 Å². The Labute approximate surface area is 184 Å². The van der Waals surface area contributed by atoms with Crippen LogP contribution in [0.1, 0.15) is 71.4 Å². The molecular formula is C25H30O5P. The molecule has 5 nitrogen and oxygen atoms in total. The molecule has 0 N–H and O–H groups in total. The molecule has 1 aliphatic carbocycles. The lowest BCUT2D eigenvalue weighted by molar-refractivity contribution is 0.0923. The maximum Gasteiger partial charge on any atom is 0.243 e. The van der Waals surface area contributed by atoms with Crippen molar-refractivity contribution in [3.05, 3.63) is 58.7 Å². The van der Waals surface area contributed by atoms with Crippen molar-refractivity contribution in [2.24, 2.45) is 0 Å². The second-order valence-electron chi connectivity index (χ2n) is 7.93. The van der Waals surface area contributed by atoms with Gasteiger partial charge in [-0.1, -0.05) is 37.1 Å². The fourth-order valence-electron chi connectivity index (χ4n) is 4.45. The highest BCUT2D eigenvalue weighted by Gasteiger charge is 2.51. The summed E-state index contributed by atoms with van der Waals surface area (Å²) < 4.78 is 25.3. The molecule has 3 rings (SSSR count). The fraction of sp³-hybridized carbons (Fsp3) is 0.440. The van der Waals surface area contributed by atoms with E-state index in [1.54, 1.807) is 18.2 Å². The van der Waals surface area contributed by atoms with Gasteiger partial charge >= 0.3 is 0 Å². The number of carbonyl (C=O) groups is 2. The summed E-state index contributed by atoms with van der Waals surface area (Å²) in [6.45, 7) is 8.14. The Morgan fingerprint density at radius 3 is 1.84 bits per heavy atom. The number of aryl methyl sites for hydroxylation is 2. The molecule has 1 aliphatic rings. The molecule has 1 unspecified atom stereocenters. The van der Waals surface area contributed by atoms with E-state index in [1.807, 2.05) is 45.9 Å². The summed E-state index contributed by atoms with van der Waals surface area (Å²) in [4.78, 5) is 27.4. The minimum atomic E-state index is -2.49. The summed E-state index contributed by atoms with van der Waals surface area (Å²) in [5, 5.41) is -1.24. The van der Waals surface area contributed by atoms with Crippen LogP contribution in [-0.4, -0.2) is 29.7 Å². The monoisotopic (exact) mass is 441 g/mol. The molecule has 1 saturated carbocycles. The van der Waals surface area contributed by atoms with Gasteiger partial charge in [0.25, 0.3) is 0 Å². The van der Waals surface area contributed by atoms with Crippen molar-refractivity contribution >= 4 is 19.1 Å². The molecule has 0 bridgehead atoms. The molecule has 31 heavy (non-hydrogen) atoms. The third-order valence-corrected chi connectivity index (χ3v) is 7.96. The van der Waals surface area contributed by atoms with Gasteiger partial charge in [0.05, 0.1) is 13.2 Å². The Kier molecular flexibility index (Phi) is 7.27. The van der Waals surface area contributed by atoms with Crippen LogP contribution in [0.15, 0.2) is 36.4 Å². The number of hydrogen-bond donors (Lipinski definition) is 0. The van der Waals surface area contributed by atoms with E-state index in [2.05, 4.69) is 0 Å². The predicted octanol–water partition coefficient (Wildman–Crippen LogP) is 6.26. The topological polar surface area (TPSA) is 69.7 Å². The second-order valence-corrected chi connectivity index (χ2v) is 9.78. The number of ether oxygens (including phenoxy) is 2. The smallest absolute Gasteiger partial charge is 0.243 e. The first-order chi connectivity index (χ1) is 14.9. The van der Waals surface area contributed by atoms with Gasteiger partial charge in [0.15, 0.2) is 13.6 Å². The van der Waals surface area contributed by atoms with Gasteiger partial charge in [-0.15, -0.1) is 0 Å². The Morgan fingerprint density at radius 2 is 1.35 bits per heavy atom. The quantitative estimate of drug-likeness (QED) is 0.339. The van der Waals surface area contributed by atoms with Crippen molar-refractivity contribution in [1.82, 2.24) is 0 Å². The Bertz CT molecular complexity index is 960. The van der Waals surface area contributed by atoms with Gasteiger partial charge < -0.3 is 9.47 Å². The number of carbonyl (C=O) groups excluding carboxylic acids is 2.